The summed E-state index contributed by atoms with van der Waals surface area (Å²) in [5, 5.41) is 8.85. The third kappa shape index (κ3) is 4.33. The normalized spacial score (nSPS) is 16.9. The van der Waals surface area contributed by atoms with E-state index in [1.165, 1.54) is 12.8 Å². The summed E-state index contributed by atoms with van der Waals surface area (Å²) in [6.07, 6.45) is 8.32. The number of hydrogen-bond donors (Lipinski definition) is 2. The quantitative estimate of drug-likeness (QED) is 0.483. The van der Waals surface area contributed by atoms with Crippen molar-refractivity contribution in [2.75, 3.05) is 26.2 Å². The lowest BCUT2D eigenvalue weighted by atomic mass is 10.2. The Morgan fingerprint density at radius 1 is 1.37 bits per heavy atom. The Bertz CT molecular complexity index is 833. The molecule has 3 aromatic heterocycles. The van der Waals surface area contributed by atoms with Gasteiger partial charge in [0.2, 0.25) is 0 Å². The highest BCUT2D eigenvalue weighted by molar-refractivity contribution is 7.15. The first kappa shape index (κ1) is 18.1. The third-order valence-electron chi connectivity index (χ3n) is 4.80. The Morgan fingerprint density at radius 3 is 3.00 bits per heavy atom. The topological polar surface area (TPSA) is 70.1 Å². The highest BCUT2D eigenvalue weighted by atomic mass is 32.1. The minimum Gasteiger partial charge on any atom is -0.468 e. The molecule has 8 heteroatoms. The molecule has 2 N–H and O–H groups in total. The molecule has 144 valence electrons. The molecule has 0 amide bonds. The summed E-state index contributed by atoms with van der Waals surface area (Å²) in [6.45, 7) is 6.45. The number of thiazole rings is 1. The predicted octanol–water partition coefficient (Wildman–Crippen LogP) is 2.88. The minimum absolute atomic E-state index is 0.226. The van der Waals surface area contributed by atoms with Crippen molar-refractivity contribution in [3.8, 4) is 0 Å². The summed E-state index contributed by atoms with van der Waals surface area (Å²) >= 11 is 1.64. The van der Waals surface area contributed by atoms with Gasteiger partial charge >= 0.3 is 0 Å². The third-order valence-corrected chi connectivity index (χ3v) is 5.57. The van der Waals surface area contributed by atoms with Crippen molar-refractivity contribution in [2.24, 2.45) is 4.99 Å². The van der Waals surface area contributed by atoms with Crippen molar-refractivity contribution in [3.63, 3.8) is 0 Å². The van der Waals surface area contributed by atoms with Gasteiger partial charge in [-0.3, -0.25) is 9.30 Å². The zero-order chi connectivity index (χ0) is 18.5. The molecule has 27 heavy (non-hydrogen) atoms. The fourth-order valence-electron chi connectivity index (χ4n) is 3.49. The fourth-order valence-corrected chi connectivity index (χ4v) is 4.21. The van der Waals surface area contributed by atoms with Crippen molar-refractivity contribution in [1.29, 1.82) is 0 Å². The van der Waals surface area contributed by atoms with Crippen molar-refractivity contribution < 1.29 is 4.42 Å². The van der Waals surface area contributed by atoms with Gasteiger partial charge in [-0.15, -0.1) is 11.3 Å². The van der Waals surface area contributed by atoms with Crippen LogP contribution in [0.5, 0.6) is 0 Å². The largest absolute Gasteiger partial charge is 0.468 e. The van der Waals surface area contributed by atoms with Crippen LogP contribution in [0.15, 0.2) is 45.6 Å². The van der Waals surface area contributed by atoms with Gasteiger partial charge in [-0.05, 0) is 45.0 Å². The molecule has 1 aliphatic heterocycles. The molecule has 1 fully saturated rings. The van der Waals surface area contributed by atoms with Crippen molar-refractivity contribution in [2.45, 2.75) is 32.4 Å². The van der Waals surface area contributed by atoms with Gasteiger partial charge in [-0.25, -0.2) is 9.98 Å². The first-order valence-corrected chi connectivity index (χ1v) is 10.4. The van der Waals surface area contributed by atoms with Crippen LogP contribution in [0.4, 0.5) is 0 Å². The molecule has 0 radical (unpaired) electrons. The number of nitrogens with one attached hydrogen (secondary N) is 2. The zero-order valence-corrected chi connectivity index (χ0v) is 16.4. The van der Waals surface area contributed by atoms with E-state index in [1.54, 1.807) is 17.6 Å². The van der Waals surface area contributed by atoms with E-state index in [1.807, 2.05) is 28.2 Å². The van der Waals surface area contributed by atoms with E-state index >= 15 is 0 Å². The van der Waals surface area contributed by atoms with Crippen LogP contribution in [-0.2, 0) is 6.54 Å². The number of aliphatic imine (C=N–C) groups is 1. The molecule has 4 heterocycles. The monoisotopic (exact) mass is 386 g/mol. The second-order valence-corrected chi connectivity index (χ2v) is 7.55. The molecule has 4 rings (SSSR count). The van der Waals surface area contributed by atoms with E-state index < -0.39 is 0 Å². The van der Waals surface area contributed by atoms with Gasteiger partial charge < -0.3 is 15.1 Å². The van der Waals surface area contributed by atoms with Crippen LogP contribution < -0.4 is 10.6 Å². The van der Waals surface area contributed by atoms with E-state index in [0.29, 0.717) is 6.54 Å². The molecule has 1 aliphatic rings. The smallest absolute Gasteiger partial charge is 0.193 e. The molecule has 7 nitrogen and oxygen atoms in total. The molecule has 1 saturated heterocycles. The van der Waals surface area contributed by atoms with Crippen LogP contribution in [-0.4, -0.2) is 46.4 Å². The van der Waals surface area contributed by atoms with Gasteiger partial charge in [0, 0.05) is 30.9 Å². The average Bonchev–Trinajstić information content (AvgIpc) is 3.44. The number of nitrogens with zero attached hydrogens (tertiary/aromatic N) is 4. The summed E-state index contributed by atoms with van der Waals surface area (Å²) in [6, 6.07) is 4.25. The van der Waals surface area contributed by atoms with Crippen LogP contribution >= 0.6 is 11.3 Å². The van der Waals surface area contributed by atoms with E-state index in [4.69, 9.17) is 9.41 Å². The number of imidazole rings is 1. The Kier molecular flexibility index (Phi) is 5.74. The second-order valence-electron chi connectivity index (χ2n) is 6.68. The van der Waals surface area contributed by atoms with Gasteiger partial charge in [0.15, 0.2) is 10.9 Å². The molecule has 0 aromatic carbocycles. The highest BCUT2D eigenvalue weighted by Gasteiger charge is 2.25. The van der Waals surface area contributed by atoms with Gasteiger partial charge in [-0.1, -0.05) is 0 Å². The van der Waals surface area contributed by atoms with Crippen molar-refractivity contribution in [1.82, 2.24) is 24.9 Å². The number of furan rings is 1. The van der Waals surface area contributed by atoms with Gasteiger partial charge in [0.25, 0.3) is 0 Å². The lowest BCUT2D eigenvalue weighted by molar-refractivity contribution is 0.215. The first-order valence-electron chi connectivity index (χ1n) is 9.54. The van der Waals surface area contributed by atoms with E-state index in [2.05, 4.69) is 33.5 Å². The molecule has 0 spiro atoms. The molecule has 1 atom stereocenters. The summed E-state index contributed by atoms with van der Waals surface area (Å²) < 4.78 is 7.74. The molecular formula is C19H26N6OS. The maximum Gasteiger partial charge on any atom is 0.193 e. The second kappa shape index (κ2) is 8.58. The number of hydrogen-bond acceptors (Lipinski definition) is 5. The summed E-state index contributed by atoms with van der Waals surface area (Å²) in [5.74, 6) is 1.82. The lowest BCUT2D eigenvalue weighted by Gasteiger charge is -2.26. The number of likely N-dealkylation sites (tertiary alicyclic amines) is 1. The Hall–Kier alpha value is -2.32. The maximum atomic E-state index is 5.70. The van der Waals surface area contributed by atoms with Gasteiger partial charge in [0.05, 0.1) is 24.5 Å². The van der Waals surface area contributed by atoms with Crippen molar-refractivity contribution in [3.05, 3.63) is 47.6 Å². The van der Waals surface area contributed by atoms with Crippen LogP contribution in [0.2, 0.25) is 0 Å². The van der Waals surface area contributed by atoms with Crippen molar-refractivity contribution >= 4 is 22.3 Å². The number of guanidine groups is 1. The number of rotatable bonds is 7. The summed E-state index contributed by atoms with van der Waals surface area (Å²) in [4.78, 5) is 12.8. The Labute approximate surface area is 163 Å². The SMILES string of the molecule is CCNC(=NCc1cn2ccsc2n1)NCC(c1ccco1)N1CCCC1. The Balaban J connectivity index is 1.42. The minimum atomic E-state index is 0.226. The van der Waals surface area contributed by atoms with E-state index in [9.17, 15) is 0 Å². The van der Waals surface area contributed by atoms with E-state index in [-0.39, 0.29) is 6.04 Å². The summed E-state index contributed by atoms with van der Waals surface area (Å²) in [5.41, 5.74) is 0.973. The lowest BCUT2D eigenvalue weighted by Crippen LogP contribution is -2.42. The molecule has 3 aromatic rings. The van der Waals surface area contributed by atoms with E-state index in [0.717, 1.165) is 48.6 Å². The standard InChI is InChI=1S/C19H26N6OS/c1-2-20-18(21-12-15-14-25-9-11-27-19(25)23-15)22-13-16(17-6-5-10-26-17)24-7-3-4-8-24/h5-6,9-11,14,16H,2-4,7-8,12-13H2,1H3,(H2,20,21,22). The number of fused-ring (bicyclic) bond motifs is 1. The molecular weight excluding hydrogens is 360 g/mol. The average molecular weight is 387 g/mol. The van der Waals surface area contributed by atoms with Crippen LogP contribution in [0.3, 0.4) is 0 Å². The zero-order valence-electron chi connectivity index (χ0n) is 15.6. The van der Waals surface area contributed by atoms with Crippen LogP contribution in [0, 0.1) is 0 Å². The predicted molar refractivity (Wildman–Crippen MR) is 108 cm³/mol. The summed E-state index contributed by atoms with van der Waals surface area (Å²) in [7, 11) is 0. The molecule has 0 saturated carbocycles. The van der Waals surface area contributed by atoms with Crippen LogP contribution in [0.1, 0.15) is 37.3 Å². The van der Waals surface area contributed by atoms with Crippen LogP contribution in [0.25, 0.3) is 4.96 Å². The molecule has 0 bridgehead atoms. The molecule has 0 aliphatic carbocycles. The highest BCUT2D eigenvalue weighted by Crippen LogP contribution is 2.24. The molecule has 1 unspecified atom stereocenters. The van der Waals surface area contributed by atoms with Gasteiger partial charge in [0.1, 0.15) is 5.76 Å². The van der Waals surface area contributed by atoms with Gasteiger partial charge in [-0.2, -0.15) is 0 Å². The first-order chi connectivity index (χ1) is 13.3. The fraction of sp³-hybridized carbons (Fsp3) is 0.474. The Morgan fingerprint density at radius 2 is 2.26 bits per heavy atom. The maximum absolute atomic E-state index is 5.70. The number of aromatic nitrogens is 2.